The first kappa shape index (κ1) is 14.4. The van der Waals surface area contributed by atoms with Crippen LogP contribution in [0.15, 0.2) is 54.6 Å². The predicted octanol–water partition coefficient (Wildman–Crippen LogP) is 3.47. The summed E-state index contributed by atoms with van der Waals surface area (Å²) < 4.78 is 5.65. The number of benzene rings is 2. The maximum atomic E-state index is 11.7. The van der Waals surface area contributed by atoms with E-state index in [2.05, 4.69) is 17.9 Å². The molecule has 2 aromatic rings. The molecule has 3 nitrogen and oxygen atoms in total. The molecule has 3 rings (SSSR count). The van der Waals surface area contributed by atoms with E-state index < -0.39 is 0 Å². The fourth-order valence-electron chi connectivity index (χ4n) is 2.14. The first-order valence-electron chi connectivity index (χ1n) is 6.66. The van der Waals surface area contributed by atoms with Crippen LogP contribution in [0.2, 0.25) is 0 Å². The minimum atomic E-state index is -0.0943. The molecule has 0 spiro atoms. The van der Waals surface area contributed by atoms with Gasteiger partial charge in [-0.05, 0) is 36.2 Å². The molecule has 108 valence electrons. The smallest absolute Gasteiger partial charge is 0.235 e. The molecule has 21 heavy (non-hydrogen) atoms. The topological polar surface area (TPSA) is 38.3 Å². The summed E-state index contributed by atoms with van der Waals surface area (Å²) in [5, 5.41) is 2.73. The van der Waals surface area contributed by atoms with Crippen molar-refractivity contribution in [3.63, 3.8) is 0 Å². The monoisotopic (exact) mass is 317 g/mol. The molecule has 0 aliphatic carbocycles. The minimum absolute atomic E-state index is 0.0598. The Morgan fingerprint density at radius 3 is 2.33 bits per heavy atom. The Morgan fingerprint density at radius 1 is 1.05 bits per heavy atom. The molecule has 1 heterocycles. The van der Waals surface area contributed by atoms with E-state index in [4.69, 9.17) is 4.74 Å². The van der Waals surface area contributed by atoms with Crippen molar-refractivity contribution in [2.75, 3.05) is 0 Å². The standard InChI is InChI=1S/C16H15NO2S2/c18-15-14(21-16(20)17-15)10-11-6-8-13(9-7-11)19-12-4-2-1-3-5-12/h1-9,14,16,20H,10H2,(H,17,18). The Bertz CT molecular complexity index is 616. The first-order chi connectivity index (χ1) is 10.2. The molecule has 1 fully saturated rings. The second-order valence-corrected chi connectivity index (χ2v) is 6.93. The summed E-state index contributed by atoms with van der Waals surface area (Å²) in [7, 11) is 0. The first-order valence-corrected chi connectivity index (χ1v) is 8.12. The third-order valence-electron chi connectivity index (χ3n) is 3.17. The van der Waals surface area contributed by atoms with Gasteiger partial charge in [0.2, 0.25) is 5.91 Å². The highest BCUT2D eigenvalue weighted by molar-refractivity contribution is 8.11. The van der Waals surface area contributed by atoms with Gasteiger partial charge in [-0.3, -0.25) is 4.79 Å². The van der Waals surface area contributed by atoms with E-state index in [9.17, 15) is 4.79 Å². The highest BCUT2D eigenvalue weighted by Crippen LogP contribution is 2.29. The fourth-order valence-corrected chi connectivity index (χ4v) is 3.68. The minimum Gasteiger partial charge on any atom is -0.457 e. The predicted molar refractivity (Wildman–Crippen MR) is 89.0 cm³/mol. The van der Waals surface area contributed by atoms with Gasteiger partial charge < -0.3 is 10.1 Å². The summed E-state index contributed by atoms with van der Waals surface area (Å²) >= 11 is 5.81. The second-order valence-electron chi connectivity index (χ2n) is 4.75. The number of carbonyl (C=O) groups is 1. The van der Waals surface area contributed by atoms with Crippen molar-refractivity contribution < 1.29 is 9.53 Å². The zero-order valence-electron chi connectivity index (χ0n) is 11.2. The molecular weight excluding hydrogens is 302 g/mol. The summed E-state index contributed by atoms with van der Waals surface area (Å²) in [5.41, 5.74) is 1.12. The van der Waals surface area contributed by atoms with E-state index >= 15 is 0 Å². The van der Waals surface area contributed by atoms with Gasteiger partial charge in [-0.2, -0.15) is 0 Å². The fraction of sp³-hybridized carbons (Fsp3) is 0.188. The van der Waals surface area contributed by atoms with Crippen molar-refractivity contribution in [3.05, 3.63) is 60.2 Å². The van der Waals surface area contributed by atoms with Crippen molar-refractivity contribution in [2.45, 2.75) is 16.4 Å². The lowest BCUT2D eigenvalue weighted by molar-refractivity contribution is -0.119. The SMILES string of the molecule is O=C1NC(S)SC1Cc1ccc(Oc2ccccc2)cc1. The lowest BCUT2D eigenvalue weighted by Gasteiger charge is -2.08. The number of carbonyl (C=O) groups excluding carboxylic acids is 1. The number of para-hydroxylation sites is 1. The normalized spacial score (nSPS) is 21.1. The molecule has 2 aromatic carbocycles. The zero-order valence-corrected chi connectivity index (χ0v) is 12.9. The van der Waals surface area contributed by atoms with Crippen LogP contribution in [0.25, 0.3) is 0 Å². The Kier molecular flexibility index (Phi) is 4.41. The van der Waals surface area contributed by atoms with Gasteiger partial charge in [-0.1, -0.05) is 30.3 Å². The van der Waals surface area contributed by atoms with Crippen LogP contribution >= 0.6 is 24.4 Å². The number of nitrogens with one attached hydrogen (secondary N) is 1. The molecule has 0 bridgehead atoms. The largest absolute Gasteiger partial charge is 0.457 e. The highest BCUT2D eigenvalue weighted by atomic mass is 32.2. The van der Waals surface area contributed by atoms with Crippen LogP contribution in [0, 0.1) is 0 Å². The Morgan fingerprint density at radius 2 is 1.71 bits per heavy atom. The van der Waals surface area contributed by atoms with Gasteiger partial charge in [0.1, 0.15) is 16.2 Å². The van der Waals surface area contributed by atoms with Gasteiger partial charge >= 0.3 is 0 Å². The molecule has 2 unspecified atom stereocenters. The molecule has 1 N–H and O–H groups in total. The Labute approximate surface area is 133 Å². The molecule has 1 saturated heterocycles. The number of thiol groups is 1. The lowest BCUT2D eigenvalue weighted by atomic mass is 10.1. The van der Waals surface area contributed by atoms with Gasteiger partial charge in [0, 0.05) is 0 Å². The molecule has 5 heteroatoms. The number of hydrogen-bond acceptors (Lipinski definition) is 4. The average Bonchev–Trinajstić information content (AvgIpc) is 2.80. The summed E-state index contributed by atoms with van der Waals surface area (Å²) in [5.74, 6) is 1.67. The number of ether oxygens (including phenoxy) is 1. The van der Waals surface area contributed by atoms with E-state index in [-0.39, 0.29) is 15.9 Å². The second kappa shape index (κ2) is 6.45. The van der Waals surface area contributed by atoms with Crippen molar-refractivity contribution in [3.8, 4) is 11.5 Å². The van der Waals surface area contributed by atoms with E-state index in [1.165, 1.54) is 0 Å². The van der Waals surface area contributed by atoms with Crippen LogP contribution in [-0.4, -0.2) is 15.9 Å². The molecule has 0 saturated carbocycles. The van der Waals surface area contributed by atoms with Crippen molar-refractivity contribution >= 4 is 30.3 Å². The summed E-state index contributed by atoms with van der Waals surface area (Å²) in [4.78, 5) is 11.7. The number of thioether (sulfide) groups is 1. The van der Waals surface area contributed by atoms with Crippen molar-refractivity contribution in [1.82, 2.24) is 5.32 Å². The van der Waals surface area contributed by atoms with E-state index in [0.29, 0.717) is 6.42 Å². The zero-order chi connectivity index (χ0) is 14.7. The number of rotatable bonds is 4. The van der Waals surface area contributed by atoms with Crippen LogP contribution in [0.5, 0.6) is 11.5 Å². The van der Waals surface area contributed by atoms with Gasteiger partial charge in [-0.25, -0.2) is 0 Å². The van der Waals surface area contributed by atoms with Crippen LogP contribution in [0.3, 0.4) is 0 Å². The van der Waals surface area contributed by atoms with Crippen LogP contribution in [0.1, 0.15) is 5.56 Å². The van der Waals surface area contributed by atoms with E-state index in [1.54, 1.807) is 11.8 Å². The highest BCUT2D eigenvalue weighted by Gasteiger charge is 2.30. The summed E-state index contributed by atoms with van der Waals surface area (Å²) in [6.45, 7) is 0. The Balaban J connectivity index is 1.63. The molecule has 0 aromatic heterocycles. The maximum absolute atomic E-state index is 11.7. The molecule has 1 amide bonds. The number of amides is 1. The van der Waals surface area contributed by atoms with Gasteiger partial charge in [-0.15, -0.1) is 24.4 Å². The summed E-state index contributed by atoms with van der Waals surface area (Å²) in [6, 6.07) is 17.5. The van der Waals surface area contributed by atoms with Gasteiger partial charge in [0.25, 0.3) is 0 Å². The molecule has 1 aliphatic rings. The summed E-state index contributed by atoms with van der Waals surface area (Å²) in [6.07, 6.45) is 0.708. The van der Waals surface area contributed by atoms with Crippen LogP contribution in [-0.2, 0) is 11.2 Å². The van der Waals surface area contributed by atoms with E-state index in [1.807, 2.05) is 54.6 Å². The maximum Gasteiger partial charge on any atom is 0.235 e. The Hall–Kier alpha value is -1.59. The average molecular weight is 317 g/mol. The van der Waals surface area contributed by atoms with Gasteiger partial charge in [0.15, 0.2) is 0 Å². The third kappa shape index (κ3) is 3.74. The van der Waals surface area contributed by atoms with E-state index in [0.717, 1.165) is 17.1 Å². The van der Waals surface area contributed by atoms with Crippen molar-refractivity contribution in [1.29, 1.82) is 0 Å². The lowest BCUT2D eigenvalue weighted by Crippen LogP contribution is -2.26. The quantitative estimate of drug-likeness (QED) is 0.848. The van der Waals surface area contributed by atoms with Crippen LogP contribution < -0.4 is 10.1 Å². The van der Waals surface area contributed by atoms with Gasteiger partial charge in [0.05, 0.1) is 5.25 Å². The molecule has 0 radical (unpaired) electrons. The molecule has 1 aliphatic heterocycles. The molecular formula is C16H15NO2S2. The number of hydrogen-bond donors (Lipinski definition) is 2. The van der Waals surface area contributed by atoms with Crippen LogP contribution in [0.4, 0.5) is 0 Å². The van der Waals surface area contributed by atoms with Crippen molar-refractivity contribution in [2.24, 2.45) is 0 Å². The third-order valence-corrected chi connectivity index (χ3v) is 4.75. The molecule has 2 atom stereocenters.